The largest absolute Gasteiger partial charge is 0.497 e. The summed E-state index contributed by atoms with van der Waals surface area (Å²) in [4.78, 5) is 4.34. The van der Waals surface area contributed by atoms with Crippen LogP contribution in [0.25, 0.3) is 10.9 Å². The minimum absolute atomic E-state index is 0.198. The van der Waals surface area contributed by atoms with Crippen molar-refractivity contribution in [3.8, 4) is 5.75 Å². The van der Waals surface area contributed by atoms with Crippen molar-refractivity contribution in [2.24, 2.45) is 5.92 Å². The van der Waals surface area contributed by atoms with Crippen LogP contribution in [-0.4, -0.2) is 41.5 Å². The molecule has 0 radical (unpaired) electrons. The second-order valence-corrected chi connectivity index (χ2v) is 9.63. The van der Waals surface area contributed by atoms with Crippen molar-refractivity contribution >= 4 is 10.9 Å². The van der Waals surface area contributed by atoms with Gasteiger partial charge in [-0.05, 0) is 98.8 Å². The van der Waals surface area contributed by atoms with Gasteiger partial charge < -0.3 is 20.3 Å². The number of nitrogens with zero attached hydrogens (tertiary/aromatic N) is 1. The number of hydrogen-bond donors (Lipinski definition) is 3. The van der Waals surface area contributed by atoms with Gasteiger partial charge in [0.1, 0.15) is 12.4 Å². The Morgan fingerprint density at radius 3 is 2.43 bits per heavy atom. The van der Waals surface area contributed by atoms with E-state index in [2.05, 4.69) is 34.6 Å². The first-order valence-electron chi connectivity index (χ1n) is 12.7. The molecule has 6 heteroatoms. The van der Waals surface area contributed by atoms with E-state index in [-0.39, 0.29) is 6.10 Å². The van der Waals surface area contributed by atoms with E-state index in [9.17, 15) is 14.6 Å². The molecule has 1 fully saturated rings. The molecule has 3 aromatic rings. The number of hydrogen-bond acceptors (Lipinski definition) is 5. The van der Waals surface area contributed by atoms with Gasteiger partial charge in [0, 0.05) is 17.1 Å². The van der Waals surface area contributed by atoms with Crippen LogP contribution in [0.3, 0.4) is 0 Å². The molecule has 1 aliphatic heterocycles. The highest BCUT2D eigenvalue weighted by Crippen LogP contribution is 2.32. The molecule has 2 heterocycles. The predicted octanol–water partition coefficient (Wildman–Crippen LogP) is 5.06. The van der Waals surface area contributed by atoms with Crippen molar-refractivity contribution in [2.75, 3.05) is 20.2 Å². The van der Waals surface area contributed by atoms with Crippen molar-refractivity contribution in [3.63, 3.8) is 0 Å². The van der Waals surface area contributed by atoms with Gasteiger partial charge in [0.2, 0.25) is 0 Å². The molecule has 0 saturated carbocycles. The number of pyridine rings is 1. The minimum Gasteiger partial charge on any atom is -0.497 e. The summed E-state index contributed by atoms with van der Waals surface area (Å²) < 4.78 is 19.0. The number of methoxy groups -OCH3 is 1. The molecule has 0 bridgehead atoms. The van der Waals surface area contributed by atoms with Crippen LogP contribution >= 0.6 is 0 Å². The summed E-state index contributed by atoms with van der Waals surface area (Å²) in [5, 5.41) is 25.6. The zero-order chi connectivity index (χ0) is 24.6. The lowest BCUT2D eigenvalue weighted by molar-refractivity contribution is 0.0793. The highest BCUT2D eigenvalue weighted by atomic mass is 19.1. The molecule has 3 N–H and O–H groups in total. The molecular weight excluding hydrogens is 443 g/mol. The third-order valence-corrected chi connectivity index (χ3v) is 7.30. The van der Waals surface area contributed by atoms with E-state index < -0.39 is 12.8 Å². The molecule has 2 aromatic carbocycles. The number of nitrogens with one attached hydrogen (secondary N) is 1. The smallest absolute Gasteiger partial charge is 0.119 e. The molecular formula is C29H37FN2O3. The number of aryl methyl sites for hydroxylation is 2. The molecule has 0 aliphatic carbocycles. The molecule has 1 saturated heterocycles. The van der Waals surface area contributed by atoms with E-state index >= 15 is 0 Å². The molecule has 35 heavy (non-hydrogen) atoms. The van der Waals surface area contributed by atoms with Gasteiger partial charge in [-0.25, -0.2) is 4.39 Å². The highest BCUT2D eigenvalue weighted by molar-refractivity contribution is 5.85. The number of aliphatic hydroxyl groups is 2. The van der Waals surface area contributed by atoms with Gasteiger partial charge in [0.25, 0.3) is 0 Å². The lowest BCUT2D eigenvalue weighted by Gasteiger charge is -2.27. The van der Waals surface area contributed by atoms with E-state index in [0.717, 1.165) is 56.1 Å². The van der Waals surface area contributed by atoms with Gasteiger partial charge in [-0.15, -0.1) is 0 Å². The van der Waals surface area contributed by atoms with Gasteiger partial charge in [-0.2, -0.15) is 0 Å². The Hall–Kier alpha value is -2.54. The third-order valence-electron chi connectivity index (χ3n) is 7.30. The normalized spacial score (nSPS) is 16.3. The number of aliphatic hydroxyl groups excluding tert-OH is 2. The summed E-state index contributed by atoms with van der Waals surface area (Å²) in [6.45, 7) is 1.35. The Kier molecular flexibility index (Phi) is 9.07. The molecule has 1 aliphatic rings. The number of piperidine rings is 1. The number of aromatic nitrogens is 1. The van der Waals surface area contributed by atoms with Crippen LogP contribution in [0.15, 0.2) is 48.7 Å². The first kappa shape index (κ1) is 25.5. The SMILES string of the molecule is COc1ccc2ncc(CF)c([C@H](O)CCc3ccc(CCC[C@H](O)C4CCNCC4)cc3)c2c1. The van der Waals surface area contributed by atoms with Crippen molar-refractivity contribution < 1.29 is 19.3 Å². The first-order chi connectivity index (χ1) is 17.1. The molecule has 0 unspecified atom stereocenters. The van der Waals surface area contributed by atoms with E-state index in [4.69, 9.17) is 4.74 Å². The maximum atomic E-state index is 13.7. The lowest BCUT2D eigenvalue weighted by atomic mass is 9.89. The van der Waals surface area contributed by atoms with Crippen molar-refractivity contribution in [1.82, 2.24) is 10.3 Å². The van der Waals surface area contributed by atoms with E-state index in [1.807, 2.05) is 18.2 Å². The van der Waals surface area contributed by atoms with Gasteiger partial charge in [0.05, 0.1) is 24.8 Å². The first-order valence-corrected chi connectivity index (χ1v) is 12.7. The number of rotatable bonds is 11. The van der Waals surface area contributed by atoms with Gasteiger partial charge >= 0.3 is 0 Å². The highest BCUT2D eigenvalue weighted by Gasteiger charge is 2.21. The Balaban J connectivity index is 1.33. The van der Waals surface area contributed by atoms with Crippen LogP contribution in [0.1, 0.15) is 60.5 Å². The summed E-state index contributed by atoms with van der Waals surface area (Å²) in [5.41, 5.74) is 4.13. The quantitative estimate of drug-likeness (QED) is 0.358. The summed E-state index contributed by atoms with van der Waals surface area (Å²) in [6.07, 6.45) is 6.62. The number of benzene rings is 2. The zero-order valence-electron chi connectivity index (χ0n) is 20.5. The average molecular weight is 481 g/mol. The molecule has 0 spiro atoms. The summed E-state index contributed by atoms with van der Waals surface area (Å²) in [7, 11) is 1.59. The van der Waals surface area contributed by atoms with Crippen LogP contribution in [-0.2, 0) is 19.5 Å². The fraction of sp³-hybridized carbons (Fsp3) is 0.483. The molecule has 4 rings (SSSR count). The molecule has 5 nitrogen and oxygen atoms in total. The summed E-state index contributed by atoms with van der Waals surface area (Å²) in [5.74, 6) is 1.09. The zero-order valence-corrected chi connectivity index (χ0v) is 20.5. The topological polar surface area (TPSA) is 74.6 Å². The monoisotopic (exact) mass is 480 g/mol. The third kappa shape index (κ3) is 6.57. The predicted molar refractivity (Wildman–Crippen MR) is 137 cm³/mol. The fourth-order valence-electron chi connectivity index (χ4n) is 5.16. The van der Waals surface area contributed by atoms with Crippen molar-refractivity contribution in [2.45, 2.75) is 63.8 Å². The fourth-order valence-corrected chi connectivity index (χ4v) is 5.16. The molecule has 1 aromatic heterocycles. The lowest BCUT2D eigenvalue weighted by Crippen LogP contribution is -2.34. The Labute approximate surface area is 207 Å². The van der Waals surface area contributed by atoms with Crippen LogP contribution in [0.5, 0.6) is 5.75 Å². The average Bonchev–Trinajstić information content (AvgIpc) is 2.91. The van der Waals surface area contributed by atoms with Gasteiger partial charge in [-0.1, -0.05) is 24.3 Å². The van der Waals surface area contributed by atoms with Crippen LogP contribution in [0, 0.1) is 5.92 Å². The number of halogens is 1. The van der Waals surface area contributed by atoms with Crippen LogP contribution in [0.2, 0.25) is 0 Å². The summed E-state index contributed by atoms with van der Waals surface area (Å²) >= 11 is 0. The molecule has 2 atom stereocenters. The number of alkyl halides is 1. The van der Waals surface area contributed by atoms with Crippen LogP contribution in [0.4, 0.5) is 4.39 Å². The van der Waals surface area contributed by atoms with E-state index in [1.165, 1.54) is 11.8 Å². The second kappa shape index (κ2) is 12.4. The number of ether oxygens (including phenoxy) is 1. The molecule has 188 valence electrons. The number of fused-ring (bicyclic) bond motifs is 1. The van der Waals surface area contributed by atoms with Crippen molar-refractivity contribution in [3.05, 3.63) is 70.9 Å². The van der Waals surface area contributed by atoms with Gasteiger partial charge in [-0.3, -0.25) is 4.98 Å². The second-order valence-electron chi connectivity index (χ2n) is 9.63. The maximum absolute atomic E-state index is 13.7. The van der Waals surface area contributed by atoms with E-state index in [0.29, 0.717) is 41.2 Å². The molecule has 0 amide bonds. The maximum Gasteiger partial charge on any atom is 0.119 e. The minimum atomic E-state index is -0.797. The standard InChI is InChI=1S/C29H37FN2O3/c1-35-24-10-11-26-25(17-24)29(23(18-30)19-32-26)28(34)12-9-21-7-5-20(6-8-21)3-2-4-27(33)22-13-15-31-16-14-22/h5-8,10-11,17,19,22,27-28,31,33-34H,2-4,9,12-16,18H2,1H3/t27-,28+/m0/s1. The van der Waals surface area contributed by atoms with Crippen molar-refractivity contribution in [1.29, 1.82) is 0 Å². The Morgan fingerprint density at radius 1 is 1.03 bits per heavy atom. The van der Waals surface area contributed by atoms with Crippen LogP contribution < -0.4 is 10.1 Å². The van der Waals surface area contributed by atoms with Gasteiger partial charge in [0.15, 0.2) is 0 Å². The Bertz CT molecular complexity index is 1080. The van der Waals surface area contributed by atoms with E-state index in [1.54, 1.807) is 7.11 Å². The summed E-state index contributed by atoms with van der Waals surface area (Å²) in [6, 6.07) is 13.9. The Morgan fingerprint density at radius 2 is 1.74 bits per heavy atom.